The zero-order valence-corrected chi connectivity index (χ0v) is 15.5. The Kier molecular flexibility index (Phi) is 4.17. The highest BCUT2D eigenvalue weighted by Crippen LogP contribution is 2.32. The average molecular weight is 356 g/mol. The van der Waals surface area contributed by atoms with E-state index < -0.39 is 0 Å². The lowest BCUT2D eigenvalue weighted by atomic mass is 9.99. The highest BCUT2D eigenvalue weighted by atomic mass is 16.5. The molecule has 0 fully saturated rings. The van der Waals surface area contributed by atoms with Crippen LogP contribution in [0.3, 0.4) is 0 Å². The van der Waals surface area contributed by atoms with Crippen LogP contribution in [-0.4, -0.2) is 16.5 Å². The maximum absolute atomic E-state index is 9.80. The first-order chi connectivity index (χ1) is 13.1. The number of pyridine rings is 1. The Balaban J connectivity index is 2.02. The van der Waals surface area contributed by atoms with Crippen molar-refractivity contribution in [2.45, 2.75) is 19.8 Å². The minimum Gasteiger partial charge on any atom is -0.497 e. The molecule has 5 heteroatoms. The van der Waals surface area contributed by atoms with Crippen LogP contribution >= 0.6 is 0 Å². The number of anilines is 2. The normalized spacial score (nSPS) is 11.1. The van der Waals surface area contributed by atoms with Gasteiger partial charge in [0.2, 0.25) is 0 Å². The van der Waals surface area contributed by atoms with Gasteiger partial charge in [-0.2, -0.15) is 5.26 Å². The summed E-state index contributed by atoms with van der Waals surface area (Å²) < 4.78 is 7.34. The molecule has 0 aliphatic rings. The summed E-state index contributed by atoms with van der Waals surface area (Å²) in [6, 6.07) is 20.1. The van der Waals surface area contributed by atoms with Gasteiger partial charge in [0.1, 0.15) is 17.6 Å². The minimum absolute atomic E-state index is 0.204. The van der Waals surface area contributed by atoms with E-state index in [1.807, 2.05) is 59.0 Å². The molecule has 2 aromatic heterocycles. The van der Waals surface area contributed by atoms with Gasteiger partial charge < -0.3 is 10.1 Å². The van der Waals surface area contributed by atoms with Crippen molar-refractivity contribution in [3.8, 4) is 11.8 Å². The van der Waals surface area contributed by atoms with Gasteiger partial charge in [-0.15, -0.1) is 0 Å². The fourth-order valence-electron chi connectivity index (χ4n) is 3.36. The molecule has 2 heterocycles. The SMILES string of the molecule is COc1cccc(Nc2cc(C(C)C)c(C#N)c3nc4ccccc4n23)c1. The number of fused-ring (bicyclic) bond motifs is 3. The summed E-state index contributed by atoms with van der Waals surface area (Å²) in [5.41, 5.74) is 5.01. The molecule has 0 saturated heterocycles. The molecule has 4 rings (SSSR count). The van der Waals surface area contributed by atoms with Gasteiger partial charge >= 0.3 is 0 Å². The molecular weight excluding hydrogens is 336 g/mol. The largest absolute Gasteiger partial charge is 0.497 e. The summed E-state index contributed by atoms with van der Waals surface area (Å²) >= 11 is 0. The van der Waals surface area contributed by atoms with Crippen molar-refractivity contribution in [1.29, 1.82) is 5.26 Å². The number of imidazole rings is 1. The fraction of sp³-hybridized carbons (Fsp3) is 0.182. The maximum Gasteiger partial charge on any atom is 0.157 e. The van der Waals surface area contributed by atoms with Crippen LogP contribution in [0.2, 0.25) is 0 Å². The molecule has 0 spiro atoms. The van der Waals surface area contributed by atoms with E-state index in [0.717, 1.165) is 33.9 Å². The molecule has 0 atom stereocenters. The second-order valence-electron chi connectivity index (χ2n) is 6.74. The maximum atomic E-state index is 9.80. The molecule has 5 nitrogen and oxygen atoms in total. The third-order valence-electron chi connectivity index (χ3n) is 4.68. The Hall–Kier alpha value is -3.52. The molecular formula is C22H20N4O. The van der Waals surface area contributed by atoms with Crippen LogP contribution < -0.4 is 10.1 Å². The van der Waals surface area contributed by atoms with Gasteiger partial charge in [-0.3, -0.25) is 4.40 Å². The Morgan fingerprint density at radius 1 is 1.11 bits per heavy atom. The van der Waals surface area contributed by atoms with Gasteiger partial charge in [0.15, 0.2) is 5.65 Å². The molecule has 0 bridgehead atoms. The quantitative estimate of drug-likeness (QED) is 0.543. The van der Waals surface area contributed by atoms with Crippen molar-refractivity contribution in [3.63, 3.8) is 0 Å². The number of benzene rings is 2. The number of nitriles is 1. The zero-order valence-electron chi connectivity index (χ0n) is 15.5. The lowest BCUT2D eigenvalue weighted by Gasteiger charge is -2.16. The minimum atomic E-state index is 0.204. The first kappa shape index (κ1) is 16.9. The first-order valence-corrected chi connectivity index (χ1v) is 8.87. The molecule has 1 N–H and O–H groups in total. The van der Waals surface area contributed by atoms with Crippen molar-refractivity contribution in [3.05, 3.63) is 65.7 Å². The lowest BCUT2D eigenvalue weighted by Crippen LogP contribution is -2.04. The van der Waals surface area contributed by atoms with E-state index in [4.69, 9.17) is 9.72 Å². The second kappa shape index (κ2) is 6.65. The van der Waals surface area contributed by atoms with Gasteiger partial charge in [-0.25, -0.2) is 4.98 Å². The Bertz CT molecular complexity index is 1180. The summed E-state index contributed by atoms with van der Waals surface area (Å²) in [5.74, 6) is 1.86. The number of ether oxygens (including phenoxy) is 1. The molecule has 0 saturated carbocycles. The molecule has 4 aromatic rings. The summed E-state index contributed by atoms with van der Waals surface area (Å²) in [5, 5.41) is 13.3. The van der Waals surface area contributed by atoms with E-state index in [1.54, 1.807) is 7.11 Å². The van der Waals surface area contributed by atoms with E-state index in [0.29, 0.717) is 11.2 Å². The number of hydrogen-bond donors (Lipinski definition) is 1. The van der Waals surface area contributed by atoms with E-state index in [2.05, 4.69) is 25.2 Å². The van der Waals surface area contributed by atoms with Crippen molar-refractivity contribution in [2.24, 2.45) is 0 Å². The smallest absolute Gasteiger partial charge is 0.157 e. The Labute approximate surface area is 157 Å². The van der Waals surface area contributed by atoms with Crippen LogP contribution in [0.5, 0.6) is 5.75 Å². The van der Waals surface area contributed by atoms with Crippen LogP contribution in [0, 0.1) is 11.3 Å². The van der Waals surface area contributed by atoms with Gasteiger partial charge in [-0.1, -0.05) is 32.0 Å². The number of methoxy groups -OCH3 is 1. The molecule has 0 aliphatic heterocycles. The third kappa shape index (κ3) is 2.85. The summed E-state index contributed by atoms with van der Waals surface area (Å²) in [6.45, 7) is 4.18. The summed E-state index contributed by atoms with van der Waals surface area (Å²) in [4.78, 5) is 4.74. The van der Waals surface area contributed by atoms with Crippen LogP contribution in [0.1, 0.15) is 30.9 Å². The molecule has 27 heavy (non-hydrogen) atoms. The predicted molar refractivity (Wildman–Crippen MR) is 108 cm³/mol. The molecule has 2 aromatic carbocycles. The van der Waals surface area contributed by atoms with E-state index in [-0.39, 0.29) is 5.92 Å². The lowest BCUT2D eigenvalue weighted by molar-refractivity contribution is 0.415. The second-order valence-corrected chi connectivity index (χ2v) is 6.74. The Morgan fingerprint density at radius 2 is 1.93 bits per heavy atom. The van der Waals surface area contributed by atoms with Gasteiger partial charge in [0, 0.05) is 11.8 Å². The van der Waals surface area contributed by atoms with Crippen LogP contribution in [0.25, 0.3) is 16.7 Å². The van der Waals surface area contributed by atoms with Crippen LogP contribution in [-0.2, 0) is 0 Å². The van der Waals surface area contributed by atoms with Crippen molar-refractivity contribution in [2.75, 3.05) is 12.4 Å². The molecule has 134 valence electrons. The van der Waals surface area contributed by atoms with E-state index >= 15 is 0 Å². The highest BCUT2D eigenvalue weighted by molar-refractivity contribution is 5.86. The van der Waals surface area contributed by atoms with Gasteiger partial charge in [-0.05, 0) is 41.8 Å². The Morgan fingerprint density at radius 3 is 2.67 bits per heavy atom. The molecule has 0 amide bonds. The zero-order chi connectivity index (χ0) is 19.0. The van der Waals surface area contributed by atoms with E-state index in [1.165, 1.54) is 0 Å². The van der Waals surface area contributed by atoms with Crippen molar-refractivity contribution in [1.82, 2.24) is 9.38 Å². The third-order valence-corrected chi connectivity index (χ3v) is 4.68. The number of nitrogens with zero attached hydrogens (tertiary/aromatic N) is 3. The highest BCUT2D eigenvalue weighted by Gasteiger charge is 2.18. The fourth-order valence-corrected chi connectivity index (χ4v) is 3.36. The number of para-hydroxylation sites is 2. The molecule has 0 radical (unpaired) electrons. The van der Waals surface area contributed by atoms with E-state index in [9.17, 15) is 5.26 Å². The average Bonchev–Trinajstić information content (AvgIpc) is 3.07. The van der Waals surface area contributed by atoms with Crippen LogP contribution in [0.4, 0.5) is 11.5 Å². The van der Waals surface area contributed by atoms with Crippen molar-refractivity contribution < 1.29 is 4.74 Å². The number of hydrogen-bond acceptors (Lipinski definition) is 4. The van der Waals surface area contributed by atoms with Gasteiger partial charge in [0.05, 0.1) is 23.7 Å². The number of nitrogens with one attached hydrogen (secondary N) is 1. The monoisotopic (exact) mass is 356 g/mol. The predicted octanol–water partition coefficient (Wildman–Crippen LogP) is 5.23. The summed E-state index contributed by atoms with van der Waals surface area (Å²) in [7, 11) is 1.65. The molecule has 0 unspecified atom stereocenters. The summed E-state index contributed by atoms with van der Waals surface area (Å²) in [6.07, 6.45) is 0. The van der Waals surface area contributed by atoms with Crippen LogP contribution in [0.15, 0.2) is 54.6 Å². The molecule has 0 aliphatic carbocycles. The number of rotatable bonds is 4. The topological polar surface area (TPSA) is 62.3 Å². The van der Waals surface area contributed by atoms with Crippen molar-refractivity contribution >= 4 is 28.2 Å². The number of aromatic nitrogens is 2. The standard InChI is InChI=1S/C22H20N4O/c1-14(2)17-12-21(24-15-7-6-8-16(11-15)27-3)26-20-10-5-4-9-19(20)25-22(26)18(17)13-23/h4-12,14,24H,1-3H3. The van der Waals surface area contributed by atoms with Gasteiger partial charge in [0.25, 0.3) is 0 Å². The first-order valence-electron chi connectivity index (χ1n) is 8.87.